The van der Waals surface area contributed by atoms with Gasteiger partial charge in [-0.1, -0.05) is 0 Å². The molecule has 20 nitrogen and oxygen atoms in total. The maximum atomic E-state index is 8.25. The van der Waals surface area contributed by atoms with Crippen molar-refractivity contribution in [1.29, 1.82) is 0 Å². The first-order valence-electron chi connectivity index (χ1n) is 2.74. The van der Waals surface area contributed by atoms with Gasteiger partial charge in [0.05, 0.1) is 25.4 Å². The smallest absolute Gasteiger partial charge is 0.0689 e. The number of hydrogen-bond donors (Lipinski definition) is 0. The molecule has 21 heavy (non-hydrogen) atoms. The Hall–Kier alpha value is -3.31. The zero-order valence-electron chi connectivity index (χ0n) is 8.68. The fraction of sp³-hybridized carbons (Fsp3) is 0. The molecule has 0 fully saturated rings. The van der Waals surface area contributed by atoms with E-state index in [9.17, 15) is 0 Å². The van der Waals surface area contributed by atoms with E-state index in [2.05, 4.69) is 0 Å². The van der Waals surface area contributed by atoms with E-state index in [1.165, 1.54) is 0 Å². The molecule has 0 N–H and O–H groups in total. The molecule has 0 aromatic rings. The molecule has 0 rings (SSSR count). The molecule has 0 amide bonds. The fourth-order valence-corrected chi connectivity index (χ4v) is 0. The van der Waals surface area contributed by atoms with Crippen molar-refractivity contribution in [3.05, 3.63) is 76.6 Å². The quantitative estimate of drug-likeness (QED) is 0.275. The minimum atomic E-state index is -1.75. The number of rotatable bonds is 0. The van der Waals surface area contributed by atoms with E-state index in [-0.39, 0.29) is 21.1 Å². The Morgan fingerprint density at radius 2 is 0.333 bits per heavy atom. The average molecular weight is 505 g/mol. The van der Waals surface area contributed by atoms with Gasteiger partial charge in [-0.2, -0.15) is 0 Å². The van der Waals surface area contributed by atoms with Gasteiger partial charge in [-0.15, -0.1) is 0 Å². The normalized spacial score (nSPS) is 5.71. The second kappa shape index (κ2) is 30.1. The van der Waals surface area contributed by atoms with E-state index in [0.717, 1.165) is 0 Å². The molecule has 0 aliphatic heterocycles. The zero-order chi connectivity index (χ0) is 17.9. The Balaban J connectivity index is -0.0000000331. The number of hydrogen-bond acceptors (Lipinski definition) is 15. The van der Waals surface area contributed by atoms with Crippen molar-refractivity contribution in [3.63, 3.8) is 0 Å². The molecular formula is N5O15Pt-5. The Morgan fingerprint density at radius 1 is 0.333 bits per heavy atom. The molecular weight excluding hydrogens is 505 g/mol. The van der Waals surface area contributed by atoms with Crippen LogP contribution in [0.25, 0.3) is 0 Å². The van der Waals surface area contributed by atoms with Gasteiger partial charge < -0.3 is 76.6 Å². The molecule has 0 saturated heterocycles. The van der Waals surface area contributed by atoms with Crippen molar-refractivity contribution >= 4 is 0 Å². The fourth-order valence-electron chi connectivity index (χ4n) is 0. The van der Waals surface area contributed by atoms with Crippen LogP contribution in [0, 0.1) is 76.6 Å². The summed E-state index contributed by atoms with van der Waals surface area (Å²) in [5, 5.41) is 73.8. The summed E-state index contributed by atoms with van der Waals surface area (Å²) in [7, 11) is 0. The molecule has 0 aromatic heterocycles. The monoisotopic (exact) mass is 505 g/mol. The summed E-state index contributed by atoms with van der Waals surface area (Å²) in [5.41, 5.74) is 0. The minimum absolute atomic E-state index is 0. The Morgan fingerprint density at radius 3 is 0.333 bits per heavy atom. The van der Waals surface area contributed by atoms with Crippen molar-refractivity contribution in [2.75, 3.05) is 0 Å². The first-order chi connectivity index (χ1) is 8.66. The maximum absolute atomic E-state index is 8.25. The molecule has 0 atom stereocenters. The third-order valence-corrected chi connectivity index (χ3v) is 0. The predicted octanol–water partition coefficient (Wildman–Crippen LogP) is -1.20. The summed E-state index contributed by atoms with van der Waals surface area (Å²) in [6.45, 7) is 0. The van der Waals surface area contributed by atoms with E-state index in [4.69, 9.17) is 76.6 Å². The third-order valence-electron chi connectivity index (χ3n) is 0. The summed E-state index contributed by atoms with van der Waals surface area (Å²) in [6, 6.07) is 0. The SMILES string of the molecule is O=[N+]([O-])[O-].O=[N+]([O-])[O-].O=[N+]([O-])[O-].O=[N+]([O-])[O-].O=[N+]([O-])[O-].[Pt]. The van der Waals surface area contributed by atoms with Crippen molar-refractivity contribution in [3.8, 4) is 0 Å². The van der Waals surface area contributed by atoms with Gasteiger partial charge in [0.25, 0.3) is 0 Å². The molecule has 0 heterocycles. The summed E-state index contributed by atoms with van der Waals surface area (Å²) < 4.78 is 0. The summed E-state index contributed by atoms with van der Waals surface area (Å²) in [4.78, 5) is 41.2. The van der Waals surface area contributed by atoms with Crippen LogP contribution in [0.5, 0.6) is 0 Å². The molecule has 0 spiro atoms. The molecule has 21 heteroatoms. The molecule has 0 aromatic carbocycles. The van der Waals surface area contributed by atoms with Gasteiger partial charge in [0.15, 0.2) is 0 Å². The topological polar surface area (TPSA) is 331 Å². The Kier molecular flexibility index (Phi) is 51.6. The summed E-state index contributed by atoms with van der Waals surface area (Å²) in [6.07, 6.45) is 0. The molecule has 0 unspecified atom stereocenters. The molecule has 0 bridgehead atoms. The second-order valence-corrected chi connectivity index (χ2v) is 1.12. The first-order valence-corrected chi connectivity index (χ1v) is 2.74. The van der Waals surface area contributed by atoms with Gasteiger partial charge in [0, 0.05) is 21.1 Å². The van der Waals surface area contributed by atoms with Crippen LogP contribution >= 0.6 is 0 Å². The van der Waals surface area contributed by atoms with Crippen molar-refractivity contribution < 1.29 is 46.5 Å². The molecule has 0 aliphatic carbocycles. The van der Waals surface area contributed by atoms with E-state index in [1.54, 1.807) is 0 Å². The van der Waals surface area contributed by atoms with Gasteiger partial charge in [0.2, 0.25) is 0 Å². The van der Waals surface area contributed by atoms with Crippen molar-refractivity contribution in [2.24, 2.45) is 0 Å². The van der Waals surface area contributed by atoms with Crippen LogP contribution in [0.4, 0.5) is 0 Å². The summed E-state index contributed by atoms with van der Waals surface area (Å²) >= 11 is 0. The van der Waals surface area contributed by atoms with Crippen LogP contribution < -0.4 is 0 Å². The van der Waals surface area contributed by atoms with Crippen LogP contribution in [0.2, 0.25) is 0 Å². The molecule has 0 aliphatic rings. The average Bonchev–Trinajstić information content (AvgIpc) is 1.94. The van der Waals surface area contributed by atoms with E-state index >= 15 is 0 Å². The van der Waals surface area contributed by atoms with Crippen LogP contribution in [-0.2, 0) is 21.1 Å². The van der Waals surface area contributed by atoms with Crippen LogP contribution in [-0.4, -0.2) is 25.4 Å². The molecule has 0 saturated carbocycles. The minimum Gasteiger partial charge on any atom is -0.356 e. The largest absolute Gasteiger partial charge is 0.356 e. The van der Waals surface area contributed by atoms with E-state index in [1.807, 2.05) is 0 Å². The van der Waals surface area contributed by atoms with E-state index in [0.29, 0.717) is 0 Å². The van der Waals surface area contributed by atoms with E-state index < -0.39 is 25.4 Å². The van der Waals surface area contributed by atoms with Gasteiger partial charge in [-0.25, -0.2) is 0 Å². The summed E-state index contributed by atoms with van der Waals surface area (Å²) in [5.74, 6) is 0. The maximum Gasteiger partial charge on any atom is 0.0689 e. The van der Waals surface area contributed by atoms with Gasteiger partial charge in [0.1, 0.15) is 0 Å². The van der Waals surface area contributed by atoms with Gasteiger partial charge >= 0.3 is 0 Å². The zero-order valence-corrected chi connectivity index (χ0v) is 10.9. The van der Waals surface area contributed by atoms with Gasteiger partial charge in [-0.05, 0) is 0 Å². The predicted molar refractivity (Wildman–Crippen MR) is 51.8 cm³/mol. The third kappa shape index (κ3) is 328. The van der Waals surface area contributed by atoms with Crippen LogP contribution in [0.1, 0.15) is 0 Å². The molecule has 130 valence electrons. The van der Waals surface area contributed by atoms with Crippen molar-refractivity contribution in [1.82, 2.24) is 0 Å². The Labute approximate surface area is 124 Å². The second-order valence-electron chi connectivity index (χ2n) is 1.12. The van der Waals surface area contributed by atoms with Crippen molar-refractivity contribution in [2.45, 2.75) is 0 Å². The standard InChI is InChI=1S/5NO3.Pt/c5*2-1(3)4;/q5*-1;. The first kappa shape index (κ1) is 36.1. The Bertz CT molecular complexity index is 207. The number of nitrogens with zero attached hydrogens (tertiary/aromatic N) is 5. The van der Waals surface area contributed by atoms with Crippen LogP contribution in [0.15, 0.2) is 0 Å². The molecule has 0 radical (unpaired) electrons. The van der Waals surface area contributed by atoms with Gasteiger partial charge in [-0.3, -0.25) is 0 Å². The van der Waals surface area contributed by atoms with Crippen LogP contribution in [0.3, 0.4) is 0 Å².